The number of nitrogens with one attached hydrogen (secondary N) is 1. The molecule has 1 heterocycles. The average Bonchev–Trinajstić information content (AvgIpc) is 2.81. The third-order valence-electron chi connectivity index (χ3n) is 5.38. The maximum atomic E-state index is 12.0. The van der Waals surface area contributed by atoms with Gasteiger partial charge in [0.25, 0.3) is 0 Å². The van der Waals surface area contributed by atoms with Crippen molar-refractivity contribution in [2.75, 3.05) is 32.8 Å². The minimum atomic E-state index is -0.375. The van der Waals surface area contributed by atoms with Crippen LogP contribution in [0.15, 0.2) is 24.3 Å². The summed E-state index contributed by atoms with van der Waals surface area (Å²) in [7, 11) is 0. The minimum absolute atomic E-state index is 0. The SMILES string of the molecule is CC(=O)CCCCCNC(=O)[N-]CCCOCC(=O)[N-]Cc1ccc(CC(=O)N2CCC2=O)cc1.[HH].[Rb+].[Rb+]. The van der Waals surface area contributed by atoms with Crippen LogP contribution < -0.4 is 122 Å². The summed E-state index contributed by atoms with van der Waals surface area (Å²) in [5.41, 5.74) is 1.63. The van der Waals surface area contributed by atoms with Crippen LogP contribution in [0.3, 0.4) is 0 Å². The molecule has 12 heteroatoms. The number of hydrogen-bond acceptors (Lipinski definition) is 6. The van der Waals surface area contributed by atoms with Crippen molar-refractivity contribution in [3.8, 4) is 0 Å². The molecule has 0 radical (unpaired) electrons. The first-order valence-electron chi connectivity index (χ1n) is 12.0. The zero-order valence-electron chi connectivity index (χ0n) is 22.3. The summed E-state index contributed by atoms with van der Waals surface area (Å²) in [6, 6.07) is 6.82. The topological polar surface area (TPSA) is 138 Å². The number of β-lactam (4-membered cyclic amide) rings is 1. The first-order valence-corrected chi connectivity index (χ1v) is 12.0. The second kappa shape index (κ2) is 22.1. The minimum Gasteiger partial charge on any atom is -0.648 e. The second-order valence-corrected chi connectivity index (χ2v) is 8.42. The Morgan fingerprint density at radius 1 is 1.00 bits per heavy atom. The average molecular weight is 660 g/mol. The van der Waals surface area contributed by atoms with Gasteiger partial charge in [-0.05, 0) is 31.9 Å². The van der Waals surface area contributed by atoms with E-state index in [4.69, 9.17) is 4.74 Å². The van der Waals surface area contributed by atoms with E-state index >= 15 is 0 Å². The standard InChI is InChI=1S/C25H36N4O6.2Rb.H2/c1-19(30)6-3-2-4-12-26-25(34)27-13-5-15-35-18-22(31)28-17-21-9-7-20(8-10-21)16-24(33)29-14-11-23(29)32;;;/h7-10H,2-6,11-18H2,1H3,(H3,26,27,28,31,34);;;1H/q;2*+1;/p-2. The predicted octanol–water partition coefficient (Wildman–Crippen LogP) is -2.72. The number of nitrogens with zero attached hydrogens (tertiary/aromatic N) is 3. The van der Waals surface area contributed by atoms with Crippen molar-refractivity contribution >= 4 is 29.5 Å². The fourth-order valence-electron chi connectivity index (χ4n) is 3.27. The van der Waals surface area contributed by atoms with Crippen LogP contribution in [-0.4, -0.2) is 67.3 Å². The van der Waals surface area contributed by atoms with Crippen molar-refractivity contribution in [1.29, 1.82) is 0 Å². The number of hydrogen-bond donors (Lipinski definition) is 1. The molecule has 0 aliphatic carbocycles. The van der Waals surface area contributed by atoms with E-state index in [1.54, 1.807) is 31.2 Å². The normalized spacial score (nSPS) is 11.9. The molecule has 2 rings (SSSR count). The van der Waals surface area contributed by atoms with E-state index in [2.05, 4.69) is 16.0 Å². The van der Waals surface area contributed by atoms with Gasteiger partial charge in [0.1, 0.15) is 5.78 Å². The van der Waals surface area contributed by atoms with Crippen molar-refractivity contribution in [3.63, 3.8) is 0 Å². The zero-order valence-corrected chi connectivity index (χ0v) is 32.1. The summed E-state index contributed by atoms with van der Waals surface area (Å²) < 4.78 is 5.29. The van der Waals surface area contributed by atoms with Gasteiger partial charge in [-0.1, -0.05) is 49.2 Å². The molecule has 1 aromatic rings. The van der Waals surface area contributed by atoms with Crippen LogP contribution in [0, 0.1) is 0 Å². The van der Waals surface area contributed by atoms with E-state index in [9.17, 15) is 24.0 Å². The summed E-state index contributed by atoms with van der Waals surface area (Å²) in [6.45, 7) is 3.28. The van der Waals surface area contributed by atoms with Gasteiger partial charge in [-0.3, -0.25) is 19.3 Å². The number of ether oxygens (including phenoxy) is 1. The molecule has 0 atom stereocenters. The maximum absolute atomic E-state index is 12.0. The Bertz CT molecular complexity index is 889. The summed E-state index contributed by atoms with van der Waals surface area (Å²) in [4.78, 5) is 58.9. The molecule has 10 nitrogen and oxygen atoms in total. The van der Waals surface area contributed by atoms with Gasteiger partial charge in [0.2, 0.25) is 11.8 Å². The van der Waals surface area contributed by atoms with Crippen molar-refractivity contribution in [2.24, 2.45) is 0 Å². The molecule has 0 aromatic heterocycles. The number of imide groups is 1. The van der Waals surface area contributed by atoms with Crippen molar-refractivity contribution in [2.45, 2.75) is 58.4 Å². The molecular formula is C25H36N4O6Rb2. The largest absolute Gasteiger partial charge is 1.00 e. The van der Waals surface area contributed by atoms with Crippen molar-refractivity contribution in [1.82, 2.24) is 10.2 Å². The molecule has 1 fully saturated rings. The van der Waals surface area contributed by atoms with Gasteiger partial charge in [0.15, 0.2) is 6.03 Å². The number of amides is 5. The van der Waals surface area contributed by atoms with E-state index in [1.165, 1.54) is 4.90 Å². The van der Waals surface area contributed by atoms with E-state index < -0.39 is 0 Å². The van der Waals surface area contributed by atoms with Gasteiger partial charge < -0.3 is 30.3 Å². The number of ketones is 1. The Labute approximate surface area is 318 Å². The molecule has 0 saturated carbocycles. The smallest absolute Gasteiger partial charge is 0.648 e. The number of carbonyl (C=O) groups is 5. The van der Waals surface area contributed by atoms with E-state index in [1.807, 2.05) is 0 Å². The van der Waals surface area contributed by atoms with Gasteiger partial charge >= 0.3 is 116 Å². The van der Waals surface area contributed by atoms with Crippen LogP contribution in [-0.2, 0) is 36.9 Å². The van der Waals surface area contributed by atoms with Crippen LogP contribution in [0.4, 0.5) is 4.79 Å². The van der Waals surface area contributed by atoms with Crippen LogP contribution in [0.25, 0.3) is 10.6 Å². The molecule has 1 aliphatic rings. The molecular weight excluding hydrogens is 623 g/mol. The van der Waals surface area contributed by atoms with Crippen LogP contribution >= 0.6 is 0 Å². The fraction of sp³-hybridized carbons (Fsp3) is 0.560. The van der Waals surface area contributed by atoms with E-state index in [0.717, 1.165) is 30.4 Å². The number of benzene rings is 1. The van der Waals surface area contributed by atoms with Crippen molar-refractivity contribution < 1.29 is 147 Å². The monoisotopic (exact) mass is 658 g/mol. The van der Waals surface area contributed by atoms with Gasteiger partial charge in [0.05, 0.1) is 18.9 Å². The van der Waals surface area contributed by atoms with E-state index in [-0.39, 0.29) is 167 Å². The van der Waals surface area contributed by atoms with Gasteiger partial charge in [-0.2, -0.15) is 0 Å². The molecule has 1 aliphatic heterocycles. The summed E-state index contributed by atoms with van der Waals surface area (Å²) in [5, 5.41) is 10.5. The maximum Gasteiger partial charge on any atom is 1.00 e. The van der Waals surface area contributed by atoms with E-state index in [0.29, 0.717) is 45.5 Å². The third-order valence-corrected chi connectivity index (χ3v) is 5.38. The second-order valence-electron chi connectivity index (χ2n) is 8.42. The van der Waals surface area contributed by atoms with Crippen molar-refractivity contribution in [3.05, 3.63) is 46.0 Å². The van der Waals surface area contributed by atoms with Gasteiger partial charge in [0, 0.05) is 27.4 Å². The molecule has 1 N–H and O–H groups in total. The van der Waals surface area contributed by atoms with Crippen LogP contribution in [0.1, 0.15) is 58.0 Å². The number of Topliss-reactive ketones (excluding diaryl/α,β-unsaturated/α-hetero) is 1. The van der Waals surface area contributed by atoms with Crippen LogP contribution in [0.5, 0.6) is 0 Å². The number of likely N-dealkylation sites (tertiary alicyclic amines) is 1. The zero-order chi connectivity index (χ0) is 25.5. The quantitative estimate of drug-likeness (QED) is 0.151. The Kier molecular flexibility index (Phi) is 22.3. The molecule has 37 heavy (non-hydrogen) atoms. The predicted molar refractivity (Wildman–Crippen MR) is 132 cm³/mol. The Morgan fingerprint density at radius 3 is 2.32 bits per heavy atom. The summed E-state index contributed by atoms with van der Waals surface area (Å²) in [5.74, 6) is -0.520. The third kappa shape index (κ3) is 16.9. The summed E-state index contributed by atoms with van der Waals surface area (Å²) in [6.07, 6.45) is 4.24. The molecule has 1 saturated heterocycles. The molecule has 0 bridgehead atoms. The van der Waals surface area contributed by atoms with Gasteiger partial charge in [-0.25, -0.2) is 0 Å². The van der Waals surface area contributed by atoms with Gasteiger partial charge in [-0.15, -0.1) is 6.54 Å². The Morgan fingerprint density at radius 2 is 1.70 bits per heavy atom. The molecule has 194 valence electrons. The first-order chi connectivity index (χ1) is 16.8. The molecule has 1 aromatic carbocycles. The molecule has 5 amide bonds. The first kappa shape index (κ1) is 37.3. The summed E-state index contributed by atoms with van der Waals surface area (Å²) >= 11 is 0. The molecule has 0 spiro atoms. The van der Waals surface area contributed by atoms with Crippen LogP contribution in [0.2, 0.25) is 0 Å². The number of carbonyl (C=O) groups excluding carboxylic acids is 5. The number of urea groups is 1. The fourth-order valence-corrected chi connectivity index (χ4v) is 3.27. The number of rotatable bonds is 16. The number of unbranched alkanes of at least 4 members (excludes halogenated alkanes) is 2. The Hall–Kier alpha value is 0.340. The molecule has 0 unspecified atom stereocenters. The Balaban J connectivity index is 0.